The first-order valence-electron chi connectivity index (χ1n) is 9.39. The van der Waals surface area contributed by atoms with E-state index < -0.39 is 15.9 Å². The van der Waals surface area contributed by atoms with Crippen LogP contribution in [0.3, 0.4) is 0 Å². The molecular formula is C23H23ClN2O3S. The number of anilines is 2. The van der Waals surface area contributed by atoms with Crippen LogP contribution in [-0.4, -0.2) is 20.9 Å². The second kappa shape index (κ2) is 8.90. The number of nitrogens with one attached hydrogen (secondary N) is 1. The number of hydrogen-bond donors (Lipinski definition) is 1. The lowest BCUT2D eigenvalue weighted by Crippen LogP contribution is -2.38. The van der Waals surface area contributed by atoms with Gasteiger partial charge in [-0.2, -0.15) is 0 Å². The molecule has 0 atom stereocenters. The summed E-state index contributed by atoms with van der Waals surface area (Å²) in [6.07, 6.45) is 0. The summed E-state index contributed by atoms with van der Waals surface area (Å²) in [6, 6.07) is 18.3. The summed E-state index contributed by atoms with van der Waals surface area (Å²) in [5.41, 5.74) is 3.99. The maximum Gasteiger partial charge on any atom is 0.264 e. The van der Waals surface area contributed by atoms with Gasteiger partial charge in [-0.15, -0.1) is 0 Å². The Morgan fingerprint density at radius 2 is 1.50 bits per heavy atom. The summed E-state index contributed by atoms with van der Waals surface area (Å²) in [4.78, 5) is 13.0. The second-order valence-corrected chi connectivity index (χ2v) is 9.42. The van der Waals surface area contributed by atoms with Crippen LogP contribution < -0.4 is 9.62 Å². The number of benzene rings is 3. The summed E-state index contributed by atoms with van der Waals surface area (Å²) >= 11 is 5.96. The Hall–Kier alpha value is -2.83. The van der Waals surface area contributed by atoms with Crippen molar-refractivity contribution in [3.05, 3.63) is 88.4 Å². The highest BCUT2D eigenvalue weighted by Gasteiger charge is 2.27. The number of carbonyl (C=O) groups is 1. The highest BCUT2D eigenvalue weighted by atomic mass is 35.5. The third-order valence-electron chi connectivity index (χ3n) is 4.67. The van der Waals surface area contributed by atoms with Crippen LogP contribution in [0.2, 0.25) is 5.02 Å². The van der Waals surface area contributed by atoms with Gasteiger partial charge in [0.15, 0.2) is 0 Å². The number of halogens is 1. The van der Waals surface area contributed by atoms with Crippen LogP contribution >= 0.6 is 11.6 Å². The molecule has 3 rings (SSSR count). The van der Waals surface area contributed by atoms with Crippen molar-refractivity contribution < 1.29 is 13.2 Å². The molecule has 0 aliphatic carbocycles. The van der Waals surface area contributed by atoms with E-state index in [1.165, 1.54) is 12.1 Å². The molecule has 0 saturated carbocycles. The van der Waals surface area contributed by atoms with Gasteiger partial charge in [0.05, 0.1) is 10.6 Å². The van der Waals surface area contributed by atoms with Crippen molar-refractivity contribution in [2.75, 3.05) is 16.2 Å². The maximum absolute atomic E-state index is 13.3. The van der Waals surface area contributed by atoms with Gasteiger partial charge in [0.1, 0.15) is 6.54 Å². The average molecular weight is 443 g/mol. The number of hydrogen-bond acceptors (Lipinski definition) is 3. The molecule has 3 aromatic rings. The van der Waals surface area contributed by atoms with Crippen LogP contribution in [0, 0.1) is 20.8 Å². The van der Waals surface area contributed by atoms with Crippen LogP contribution in [0.4, 0.5) is 11.4 Å². The van der Waals surface area contributed by atoms with Gasteiger partial charge in [0.2, 0.25) is 5.91 Å². The molecule has 1 amide bonds. The third-order valence-corrected chi connectivity index (χ3v) is 6.71. The van der Waals surface area contributed by atoms with Crippen LogP contribution in [0.25, 0.3) is 0 Å². The lowest BCUT2D eigenvalue weighted by atomic mass is 10.1. The van der Waals surface area contributed by atoms with E-state index in [0.717, 1.165) is 21.0 Å². The molecule has 1 N–H and O–H groups in total. The zero-order valence-corrected chi connectivity index (χ0v) is 18.6. The molecule has 0 radical (unpaired) electrons. The zero-order valence-electron chi connectivity index (χ0n) is 17.0. The molecule has 30 heavy (non-hydrogen) atoms. The van der Waals surface area contributed by atoms with Crippen LogP contribution in [0.1, 0.15) is 16.7 Å². The fourth-order valence-electron chi connectivity index (χ4n) is 3.33. The molecule has 3 aromatic carbocycles. The number of carbonyl (C=O) groups excluding carboxylic acids is 1. The van der Waals surface area contributed by atoms with E-state index >= 15 is 0 Å². The van der Waals surface area contributed by atoms with Crippen molar-refractivity contribution in [2.24, 2.45) is 0 Å². The first-order valence-corrected chi connectivity index (χ1v) is 11.2. The molecule has 5 nitrogen and oxygen atoms in total. The minimum Gasteiger partial charge on any atom is -0.324 e. The van der Waals surface area contributed by atoms with Gasteiger partial charge in [-0.25, -0.2) is 8.42 Å². The molecule has 0 heterocycles. The Morgan fingerprint density at radius 1 is 0.933 bits per heavy atom. The van der Waals surface area contributed by atoms with E-state index in [4.69, 9.17) is 11.6 Å². The van der Waals surface area contributed by atoms with E-state index in [0.29, 0.717) is 16.4 Å². The predicted octanol–water partition coefficient (Wildman–Crippen LogP) is 5.10. The lowest BCUT2D eigenvalue weighted by Gasteiger charge is -2.24. The van der Waals surface area contributed by atoms with E-state index in [9.17, 15) is 13.2 Å². The maximum atomic E-state index is 13.3. The summed E-state index contributed by atoms with van der Waals surface area (Å²) in [5, 5.41) is 3.35. The quantitative estimate of drug-likeness (QED) is 0.577. The van der Waals surface area contributed by atoms with Crippen LogP contribution in [0.5, 0.6) is 0 Å². The lowest BCUT2D eigenvalue weighted by molar-refractivity contribution is -0.114. The molecule has 0 saturated heterocycles. The Morgan fingerprint density at radius 3 is 2.07 bits per heavy atom. The predicted molar refractivity (Wildman–Crippen MR) is 122 cm³/mol. The molecule has 7 heteroatoms. The van der Waals surface area contributed by atoms with Crippen molar-refractivity contribution in [1.82, 2.24) is 0 Å². The molecule has 0 fully saturated rings. The Labute approximate surface area is 182 Å². The van der Waals surface area contributed by atoms with E-state index in [-0.39, 0.29) is 11.4 Å². The Bertz CT molecular complexity index is 1140. The monoisotopic (exact) mass is 442 g/mol. The molecule has 0 aliphatic heterocycles. The summed E-state index contributed by atoms with van der Waals surface area (Å²) in [6.45, 7) is 5.44. The third kappa shape index (κ3) is 4.83. The van der Waals surface area contributed by atoms with E-state index in [2.05, 4.69) is 5.32 Å². The number of sulfonamides is 1. The average Bonchev–Trinajstić information content (AvgIpc) is 2.70. The fraction of sp³-hybridized carbons (Fsp3) is 0.174. The molecule has 0 unspecified atom stereocenters. The highest BCUT2D eigenvalue weighted by Crippen LogP contribution is 2.26. The van der Waals surface area contributed by atoms with Gasteiger partial charge in [-0.1, -0.05) is 47.5 Å². The van der Waals surface area contributed by atoms with E-state index in [1.807, 2.05) is 32.9 Å². The van der Waals surface area contributed by atoms with Crippen LogP contribution in [-0.2, 0) is 14.8 Å². The smallest absolute Gasteiger partial charge is 0.264 e. The van der Waals surface area contributed by atoms with Gasteiger partial charge < -0.3 is 5.32 Å². The van der Waals surface area contributed by atoms with Gasteiger partial charge in [-0.05, 0) is 68.3 Å². The van der Waals surface area contributed by atoms with Gasteiger partial charge in [0, 0.05) is 10.7 Å². The summed E-state index contributed by atoms with van der Waals surface area (Å²) < 4.78 is 27.7. The molecule has 0 spiro atoms. The number of rotatable bonds is 6. The molecule has 156 valence electrons. The molecule has 0 aromatic heterocycles. The number of amides is 1. The normalized spacial score (nSPS) is 11.2. The van der Waals surface area contributed by atoms with E-state index in [1.54, 1.807) is 42.5 Å². The minimum absolute atomic E-state index is 0.107. The van der Waals surface area contributed by atoms with Crippen LogP contribution in [0.15, 0.2) is 71.6 Å². The Balaban J connectivity index is 1.95. The Kier molecular flexibility index (Phi) is 6.48. The minimum atomic E-state index is -3.95. The largest absolute Gasteiger partial charge is 0.324 e. The first kappa shape index (κ1) is 21.9. The standard InChI is InChI=1S/C23H23ClN2O3S/c1-16-13-17(2)23(18(3)14-16)25-22(27)15-26(20-11-9-19(24)10-12-20)30(28,29)21-7-5-4-6-8-21/h4-14H,15H2,1-3H3,(H,25,27). The van der Waals surface area contributed by atoms with Crippen molar-refractivity contribution in [3.8, 4) is 0 Å². The van der Waals surface area contributed by atoms with Gasteiger partial charge in [-0.3, -0.25) is 9.10 Å². The first-order chi connectivity index (χ1) is 14.2. The number of aryl methyl sites for hydroxylation is 3. The molecule has 0 aliphatic rings. The number of nitrogens with zero attached hydrogens (tertiary/aromatic N) is 1. The van der Waals surface area contributed by atoms with Crippen molar-refractivity contribution in [2.45, 2.75) is 25.7 Å². The topological polar surface area (TPSA) is 66.5 Å². The zero-order chi connectivity index (χ0) is 21.9. The van der Waals surface area contributed by atoms with Crippen molar-refractivity contribution in [1.29, 1.82) is 0 Å². The summed E-state index contributed by atoms with van der Waals surface area (Å²) in [7, 11) is -3.95. The molecule has 0 bridgehead atoms. The highest BCUT2D eigenvalue weighted by molar-refractivity contribution is 7.92. The SMILES string of the molecule is Cc1cc(C)c(NC(=O)CN(c2ccc(Cl)cc2)S(=O)(=O)c2ccccc2)c(C)c1. The molecular weight excluding hydrogens is 420 g/mol. The van der Waals surface area contributed by atoms with Gasteiger partial charge in [0.25, 0.3) is 10.0 Å². The summed E-state index contributed by atoms with van der Waals surface area (Å²) in [5.74, 6) is -0.431. The van der Waals surface area contributed by atoms with Crippen molar-refractivity contribution in [3.63, 3.8) is 0 Å². The van der Waals surface area contributed by atoms with Crippen molar-refractivity contribution >= 4 is 38.9 Å². The fourth-order valence-corrected chi connectivity index (χ4v) is 4.90. The van der Waals surface area contributed by atoms with Gasteiger partial charge >= 0.3 is 0 Å². The second-order valence-electron chi connectivity index (χ2n) is 7.12.